The number of benzene rings is 1. The summed E-state index contributed by atoms with van der Waals surface area (Å²) in [6.07, 6.45) is 1.78. The molecule has 1 aromatic carbocycles. The minimum Gasteiger partial charge on any atom is -0.338 e. The summed E-state index contributed by atoms with van der Waals surface area (Å²) in [5.41, 5.74) is 2.02. The van der Waals surface area contributed by atoms with E-state index in [0.29, 0.717) is 13.1 Å². The molecule has 1 atom stereocenters. The zero-order chi connectivity index (χ0) is 17.4. The molecule has 0 N–H and O–H groups in total. The summed E-state index contributed by atoms with van der Waals surface area (Å²) in [5.74, 6) is -1.41. The number of thiophene rings is 1. The molecule has 2 aromatic rings. The zero-order valence-corrected chi connectivity index (χ0v) is 14.7. The van der Waals surface area contributed by atoms with E-state index in [1.165, 1.54) is 16.5 Å². The van der Waals surface area contributed by atoms with Crippen LogP contribution in [0, 0.1) is 17.6 Å². The third-order valence-corrected chi connectivity index (χ3v) is 6.15. The molecule has 1 unspecified atom stereocenters. The number of nitrogens with zero attached hydrogens (tertiary/aromatic N) is 2. The fourth-order valence-electron chi connectivity index (χ4n) is 3.77. The van der Waals surface area contributed by atoms with Gasteiger partial charge in [-0.25, -0.2) is 8.78 Å². The van der Waals surface area contributed by atoms with Gasteiger partial charge in [-0.15, -0.1) is 11.3 Å². The predicted molar refractivity (Wildman–Crippen MR) is 93.2 cm³/mol. The molecule has 0 spiro atoms. The maximum absolute atomic E-state index is 13.3. The maximum atomic E-state index is 13.3. The first-order valence-corrected chi connectivity index (χ1v) is 9.48. The zero-order valence-electron chi connectivity index (χ0n) is 13.9. The van der Waals surface area contributed by atoms with Crippen LogP contribution in [0.3, 0.4) is 0 Å². The molecular weight excluding hydrogens is 342 g/mol. The van der Waals surface area contributed by atoms with E-state index in [2.05, 4.69) is 16.3 Å². The summed E-state index contributed by atoms with van der Waals surface area (Å²) in [6, 6.07) is 6.13. The average molecular weight is 362 g/mol. The van der Waals surface area contributed by atoms with Gasteiger partial charge in [0, 0.05) is 31.1 Å². The van der Waals surface area contributed by atoms with Crippen molar-refractivity contribution < 1.29 is 13.6 Å². The lowest BCUT2D eigenvalue weighted by Gasteiger charge is -2.29. The molecule has 1 amide bonds. The number of carbonyl (C=O) groups is 1. The molecule has 2 aliphatic heterocycles. The Morgan fingerprint density at radius 2 is 2.08 bits per heavy atom. The molecule has 1 saturated heterocycles. The van der Waals surface area contributed by atoms with Gasteiger partial charge < -0.3 is 4.90 Å². The van der Waals surface area contributed by atoms with Crippen LogP contribution in [0.5, 0.6) is 0 Å². The van der Waals surface area contributed by atoms with Crippen molar-refractivity contribution in [2.24, 2.45) is 5.92 Å². The topological polar surface area (TPSA) is 23.6 Å². The van der Waals surface area contributed by atoms with Gasteiger partial charge in [-0.1, -0.05) is 6.07 Å². The SMILES string of the molecule is O=C(C1CCN(Cc2ccc(F)c(F)c2)C1)N1CCc2sccc2C1. The Kier molecular flexibility index (Phi) is 4.56. The summed E-state index contributed by atoms with van der Waals surface area (Å²) in [6.45, 7) is 3.57. The van der Waals surface area contributed by atoms with Crippen LogP contribution in [0.25, 0.3) is 0 Å². The fourth-order valence-corrected chi connectivity index (χ4v) is 4.66. The second kappa shape index (κ2) is 6.84. The lowest BCUT2D eigenvalue weighted by atomic mass is 10.0. The van der Waals surface area contributed by atoms with Crippen molar-refractivity contribution in [3.63, 3.8) is 0 Å². The number of likely N-dealkylation sites (tertiary alicyclic amines) is 1. The van der Waals surface area contributed by atoms with Crippen LogP contribution in [0.2, 0.25) is 0 Å². The van der Waals surface area contributed by atoms with Crippen molar-refractivity contribution in [1.82, 2.24) is 9.80 Å². The van der Waals surface area contributed by atoms with Crippen LogP contribution in [0.4, 0.5) is 8.78 Å². The number of rotatable bonds is 3. The van der Waals surface area contributed by atoms with Gasteiger partial charge in [0.25, 0.3) is 0 Å². The monoisotopic (exact) mass is 362 g/mol. The van der Waals surface area contributed by atoms with Gasteiger partial charge in [0.15, 0.2) is 11.6 Å². The lowest BCUT2D eigenvalue weighted by Crippen LogP contribution is -2.40. The summed E-state index contributed by atoms with van der Waals surface area (Å²) in [4.78, 5) is 18.3. The second-order valence-electron chi connectivity index (χ2n) is 6.85. The number of hydrogen-bond donors (Lipinski definition) is 0. The first-order chi connectivity index (χ1) is 12.1. The van der Waals surface area contributed by atoms with E-state index in [1.54, 1.807) is 17.4 Å². The van der Waals surface area contributed by atoms with Gasteiger partial charge >= 0.3 is 0 Å². The quantitative estimate of drug-likeness (QED) is 0.835. The Morgan fingerprint density at radius 3 is 2.92 bits per heavy atom. The van der Waals surface area contributed by atoms with Crippen LogP contribution in [0.15, 0.2) is 29.6 Å². The van der Waals surface area contributed by atoms with E-state index in [1.807, 2.05) is 4.90 Å². The Labute approximate surface area is 149 Å². The van der Waals surface area contributed by atoms with Crippen molar-refractivity contribution in [3.05, 3.63) is 57.3 Å². The van der Waals surface area contributed by atoms with E-state index < -0.39 is 11.6 Å². The second-order valence-corrected chi connectivity index (χ2v) is 7.85. The first kappa shape index (κ1) is 16.7. The molecule has 3 heterocycles. The predicted octanol–water partition coefficient (Wildman–Crippen LogP) is 3.43. The highest BCUT2D eigenvalue weighted by atomic mass is 32.1. The molecule has 6 heteroatoms. The van der Waals surface area contributed by atoms with Gasteiger partial charge in [-0.3, -0.25) is 9.69 Å². The Balaban J connectivity index is 1.35. The van der Waals surface area contributed by atoms with Crippen molar-refractivity contribution in [1.29, 1.82) is 0 Å². The minimum absolute atomic E-state index is 0.00508. The molecular formula is C19H20F2N2OS. The van der Waals surface area contributed by atoms with E-state index in [-0.39, 0.29) is 11.8 Å². The molecule has 132 valence electrons. The highest BCUT2D eigenvalue weighted by Gasteiger charge is 2.32. The highest BCUT2D eigenvalue weighted by molar-refractivity contribution is 7.10. The fraction of sp³-hybridized carbons (Fsp3) is 0.421. The largest absolute Gasteiger partial charge is 0.338 e. The normalized spacial score (nSPS) is 20.7. The van der Waals surface area contributed by atoms with E-state index in [0.717, 1.165) is 44.1 Å². The van der Waals surface area contributed by atoms with Crippen molar-refractivity contribution in [2.75, 3.05) is 19.6 Å². The number of hydrogen-bond acceptors (Lipinski definition) is 3. The highest BCUT2D eigenvalue weighted by Crippen LogP contribution is 2.27. The van der Waals surface area contributed by atoms with Crippen molar-refractivity contribution in [3.8, 4) is 0 Å². The molecule has 0 radical (unpaired) electrons. The van der Waals surface area contributed by atoms with E-state index >= 15 is 0 Å². The third kappa shape index (κ3) is 3.46. The molecule has 4 rings (SSSR count). The molecule has 2 aliphatic rings. The Hall–Kier alpha value is -1.79. The molecule has 0 saturated carbocycles. The van der Waals surface area contributed by atoms with E-state index in [4.69, 9.17) is 0 Å². The summed E-state index contributed by atoms with van der Waals surface area (Å²) < 4.78 is 26.4. The van der Waals surface area contributed by atoms with Crippen LogP contribution in [0.1, 0.15) is 22.4 Å². The number of amides is 1. The van der Waals surface area contributed by atoms with Gasteiger partial charge in [-0.2, -0.15) is 0 Å². The molecule has 3 nitrogen and oxygen atoms in total. The van der Waals surface area contributed by atoms with E-state index in [9.17, 15) is 13.6 Å². The van der Waals surface area contributed by atoms with Crippen LogP contribution < -0.4 is 0 Å². The number of halogens is 2. The number of carbonyl (C=O) groups excluding carboxylic acids is 1. The summed E-state index contributed by atoms with van der Waals surface area (Å²) >= 11 is 1.77. The molecule has 0 bridgehead atoms. The number of fused-ring (bicyclic) bond motifs is 1. The van der Waals surface area contributed by atoms with Gasteiger partial charge in [0.1, 0.15) is 0 Å². The van der Waals surface area contributed by atoms with Gasteiger partial charge in [-0.05, 0) is 54.1 Å². The van der Waals surface area contributed by atoms with Crippen LogP contribution >= 0.6 is 11.3 Å². The van der Waals surface area contributed by atoms with Gasteiger partial charge in [0.05, 0.1) is 5.92 Å². The Bertz CT molecular complexity index is 791. The molecule has 0 aliphatic carbocycles. The third-order valence-electron chi connectivity index (χ3n) is 5.13. The molecule has 1 aromatic heterocycles. The Morgan fingerprint density at radius 1 is 1.20 bits per heavy atom. The first-order valence-electron chi connectivity index (χ1n) is 8.60. The van der Waals surface area contributed by atoms with Crippen molar-refractivity contribution >= 4 is 17.2 Å². The standard InChI is InChI=1S/C19H20F2N2OS/c20-16-2-1-13(9-17(16)21)10-22-6-3-15(11-22)19(24)23-7-4-18-14(12-23)5-8-25-18/h1-2,5,8-9,15H,3-4,6-7,10-12H2. The lowest BCUT2D eigenvalue weighted by molar-refractivity contribution is -0.136. The molecule has 1 fully saturated rings. The van der Waals surface area contributed by atoms with Crippen LogP contribution in [-0.4, -0.2) is 35.3 Å². The van der Waals surface area contributed by atoms with Crippen molar-refractivity contribution in [2.45, 2.75) is 25.9 Å². The van der Waals surface area contributed by atoms with Gasteiger partial charge in [0.2, 0.25) is 5.91 Å². The average Bonchev–Trinajstić information content (AvgIpc) is 3.26. The molecule has 25 heavy (non-hydrogen) atoms. The summed E-state index contributed by atoms with van der Waals surface area (Å²) in [5, 5.41) is 2.10. The smallest absolute Gasteiger partial charge is 0.227 e. The minimum atomic E-state index is -0.823. The maximum Gasteiger partial charge on any atom is 0.227 e. The summed E-state index contributed by atoms with van der Waals surface area (Å²) in [7, 11) is 0. The van der Waals surface area contributed by atoms with Crippen LogP contribution in [-0.2, 0) is 24.3 Å².